The fraction of sp³-hybridized carbons (Fsp3) is 0.292. The number of ether oxygens (including phenoxy) is 1. The number of anilines is 1. The summed E-state index contributed by atoms with van der Waals surface area (Å²) in [4.78, 5) is 28.6. The van der Waals surface area contributed by atoms with E-state index in [-0.39, 0.29) is 19.1 Å². The van der Waals surface area contributed by atoms with Gasteiger partial charge < -0.3 is 4.74 Å². The van der Waals surface area contributed by atoms with Gasteiger partial charge in [-0.15, -0.1) is 11.3 Å². The molecule has 0 saturated heterocycles. The second-order valence-corrected chi connectivity index (χ2v) is 8.31. The van der Waals surface area contributed by atoms with Crippen LogP contribution in [-0.2, 0) is 22.4 Å². The van der Waals surface area contributed by atoms with E-state index in [0.29, 0.717) is 16.1 Å². The lowest BCUT2D eigenvalue weighted by molar-refractivity contribution is -0.141. The van der Waals surface area contributed by atoms with Gasteiger partial charge in [-0.05, 0) is 55.0 Å². The molecule has 1 aliphatic carbocycles. The van der Waals surface area contributed by atoms with E-state index in [9.17, 15) is 14.9 Å². The van der Waals surface area contributed by atoms with Gasteiger partial charge in [0.15, 0.2) is 0 Å². The molecule has 152 valence electrons. The van der Waals surface area contributed by atoms with Gasteiger partial charge in [-0.3, -0.25) is 14.5 Å². The number of hydrogen-bond donors (Lipinski definition) is 0. The molecule has 4 rings (SSSR count). The molecule has 0 bridgehead atoms. The van der Waals surface area contributed by atoms with Crippen molar-refractivity contribution in [2.75, 3.05) is 18.1 Å². The molecule has 5 nitrogen and oxygen atoms in total. The third-order valence-corrected chi connectivity index (χ3v) is 6.68. The lowest BCUT2D eigenvalue weighted by Crippen LogP contribution is -2.36. The second kappa shape index (κ2) is 8.68. The van der Waals surface area contributed by atoms with Crippen molar-refractivity contribution < 1.29 is 14.3 Å². The van der Waals surface area contributed by atoms with Gasteiger partial charge in [0.2, 0.25) is 0 Å². The number of amides is 1. The Kier molecular flexibility index (Phi) is 5.82. The molecular weight excluding hydrogens is 396 g/mol. The lowest BCUT2D eigenvalue weighted by atomic mass is 9.96. The van der Waals surface area contributed by atoms with Crippen LogP contribution >= 0.6 is 11.3 Å². The molecule has 1 amide bonds. The van der Waals surface area contributed by atoms with Crippen molar-refractivity contribution in [3.05, 3.63) is 64.0 Å². The molecule has 3 aromatic rings. The van der Waals surface area contributed by atoms with Crippen molar-refractivity contribution in [3.63, 3.8) is 0 Å². The first-order valence-electron chi connectivity index (χ1n) is 10.1. The third kappa shape index (κ3) is 3.69. The van der Waals surface area contributed by atoms with Crippen molar-refractivity contribution in [2.45, 2.75) is 32.6 Å². The zero-order chi connectivity index (χ0) is 21.1. The fourth-order valence-electron chi connectivity index (χ4n) is 3.99. The van der Waals surface area contributed by atoms with Crippen molar-refractivity contribution in [1.82, 2.24) is 0 Å². The van der Waals surface area contributed by atoms with E-state index in [1.807, 2.05) is 36.4 Å². The van der Waals surface area contributed by atoms with Gasteiger partial charge >= 0.3 is 5.97 Å². The normalized spacial score (nSPS) is 12.8. The SMILES string of the molecule is CCOC(=O)CN(C(=O)c1cccc2ccccc12)c1sc2c(c1C#N)CCCC2. The highest BCUT2D eigenvalue weighted by molar-refractivity contribution is 7.16. The van der Waals surface area contributed by atoms with Crippen molar-refractivity contribution >= 4 is 39.0 Å². The van der Waals surface area contributed by atoms with E-state index >= 15 is 0 Å². The van der Waals surface area contributed by atoms with E-state index in [1.54, 1.807) is 13.0 Å². The first-order chi connectivity index (χ1) is 14.6. The Balaban J connectivity index is 1.83. The van der Waals surface area contributed by atoms with Crippen LogP contribution in [0.25, 0.3) is 10.8 Å². The zero-order valence-electron chi connectivity index (χ0n) is 16.8. The average molecular weight is 419 g/mol. The molecule has 0 unspecified atom stereocenters. The predicted molar refractivity (Wildman–Crippen MR) is 118 cm³/mol. The van der Waals surface area contributed by atoms with Gasteiger partial charge in [0.05, 0.1) is 12.2 Å². The van der Waals surface area contributed by atoms with Crippen LogP contribution in [-0.4, -0.2) is 25.0 Å². The summed E-state index contributed by atoms with van der Waals surface area (Å²) in [6.07, 6.45) is 3.86. The number of fused-ring (bicyclic) bond motifs is 2. The summed E-state index contributed by atoms with van der Waals surface area (Å²) in [6, 6.07) is 15.5. The first kappa shape index (κ1) is 20.1. The van der Waals surface area contributed by atoms with Gasteiger partial charge in [0.1, 0.15) is 17.6 Å². The van der Waals surface area contributed by atoms with Crippen LogP contribution in [0.2, 0.25) is 0 Å². The smallest absolute Gasteiger partial charge is 0.326 e. The number of carbonyl (C=O) groups is 2. The lowest BCUT2D eigenvalue weighted by Gasteiger charge is -2.21. The van der Waals surface area contributed by atoms with Crippen LogP contribution < -0.4 is 4.90 Å². The number of aryl methyl sites for hydroxylation is 1. The Labute approximate surface area is 179 Å². The van der Waals surface area contributed by atoms with Crippen molar-refractivity contribution in [1.29, 1.82) is 5.26 Å². The van der Waals surface area contributed by atoms with Crippen LogP contribution in [0, 0.1) is 11.3 Å². The number of nitriles is 1. The summed E-state index contributed by atoms with van der Waals surface area (Å²) in [5.74, 6) is -0.781. The maximum atomic E-state index is 13.7. The minimum atomic E-state index is -0.485. The Hall–Kier alpha value is -3.17. The van der Waals surface area contributed by atoms with E-state index < -0.39 is 5.97 Å². The van der Waals surface area contributed by atoms with Crippen LogP contribution in [0.5, 0.6) is 0 Å². The highest BCUT2D eigenvalue weighted by Gasteiger charge is 2.30. The largest absolute Gasteiger partial charge is 0.465 e. The molecule has 0 N–H and O–H groups in total. The summed E-state index contributed by atoms with van der Waals surface area (Å²) in [5.41, 5.74) is 2.06. The molecule has 0 saturated carbocycles. The topological polar surface area (TPSA) is 70.4 Å². The number of benzene rings is 2. The summed E-state index contributed by atoms with van der Waals surface area (Å²) in [6.45, 7) is 1.75. The molecule has 0 atom stereocenters. The molecule has 2 aromatic carbocycles. The Bertz CT molecular complexity index is 1150. The highest BCUT2D eigenvalue weighted by atomic mass is 32.1. The molecule has 0 radical (unpaired) electrons. The van der Waals surface area contributed by atoms with Crippen LogP contribution in [0.4, 0.5) is 5.00 Å². The van der Waals surface area contributed by atoms with Crippen LogP contribution in [0.1, 0.15) is 46.1 Å². The van der Waals surface area contributed by atoms with Gasteiger partial charge in [0, 0.05) is 10.4 Å². The molecule has 0 spiro atoms. The number of thiophene rings is 1. The van der Waals surface area contributed by atoms with E-state index in [0.717, 1.165) is 46.9 Å². The quantitative estimate of drug-likeness (QED) is 0.555. The Morgan fingerprint density at radius 2 is 1.90 bits per heavy atom. The van der Waals surface area contributed by atoms with Gasteiger partial charge in [0.25, 0.3) is 5.91 Å². The number of carbonyl (C=O) groups excluding carboxylic acids is 2. The van der Waals surface area contributed by atoms with E-state index in [1.165, 1.54) is 16.2 Å². The summed E-state index contributed by atoms with van der Waals surface area (Å²) in [7, 11) is 0. The van der Waals surface area contributed by atoms with Crippen molar-refractivity contribution in [3.8, 4) is 6.07 Å². The second-order valence-electron chi connectivity index (χ2n) is 7.23. The average Bonchev–Trinajstić information content (AvgIpc) is 3.15. The van der Waals surface area contributed by atoms with E-state index in [4.69, 9.17) is 4.74 Å². The van der Waals surface area contributed by atoms with Crippen LogP contribution in [0.3, 0.4) is 0 Å². The minimum absolute atomic E-state index is 0.218. The molecule has 1 heterocycles. The summed E-state index contributed by atoms with van der Waals surface area (Å²) in [5, 5.41) is 12.2. The first-order valence-corrected chi connectivity index (χ1v) is 11.0. The monoisotopic (exact) mass is 418 g/mol. The van der Waals surface area contributed by atoms with Gasteiger partial charge in [-0.25, -0.2) is 0 Å². The molecule has 1 aliphatic rings. The maximum Gasteiger partial charge on any atom is 0.326 e. The number of esters is 1. The Morgan fingerprint density at radius 1 is 1.13 bits per heavy atom. The third-order valence-electron chi connectivity index (χ3n) is 5.37. The molecule has 1 aromatic heterocycles. The Morgan fingerprint density at radius 3 is 2.70 bits per heavy atom. The minimum Gasteiger partial charge on any atom is -0.465 e. The predicted octanol–water partition coefficient (Wildman–Crippen LogP) is 4.86. The molecule has 0 aliphatic heterocycles. The molecule has 0 fully saturated rings. The fourth-order valence-corrected chi connectivity index (χ4v) is 5.32. The van der Waals surface area contributed by atoms with E-state index in [2.05, 4.69) is 6.07 Å². The maximum absolute atomic E-state index is 13.7. The van der Waals surface area contributed by atoms with Crippen molar-refractivity contribution in [2.24, 2.45) is 0 Å². The highest BCUT2D eigenvalue weighted by Crippen LogP contribution is 2.40. The number of nitrogens with zero attached hydrogens (tertiary/aromatic N) is 2. The molecule has 30 heavy (non-hydrogen) atoms. The summed E-state index contributed by atoms with van der Waals surface area (Å²) >= 11 is 1.46. The van der Waals surface area contributed by atoms with Gasteiger partial charge in [-0.1, -0.05) is 36.4 Å². The summed E-state index contributed by atoms with van der Waals surface area (Å²) < 4.78 is 5.13. The van der Waals surface area contributed by atoms with Gasteiger partial charge in [-0.2, -0.15) is 5.26 Å². The molecule has 6 heteroatoms. The zero-order valence-corrected chi connectivity index (χ0v) is 17.6. The molecular formula is C24H22N2O3S. The van der Waals surface area contributed by atoms with Crippen LogP contribution in [0.15, 0.2) is 42.5 Å². The number of hydrogen-bond acceptors (Lipinski definition) is 5. The standard InChI is InChI=1S/C24H22N2O3S/c1-2-29-22(27)15-26(24-20(14-25)18-11-5-6-13-21(18)30-24)23(28)19-12-7-9-16-8-3-4-10-17(16)19/h3-4,7-10,12H,2,5-6,11,13,15H2,1H3. The number of rotatable bonds is 5.